The Labute approximate surface area is 145 Å². The van der Waals surface area contributed by atoms with Gasteiger partial charge in [-0.05, 0) is 30.5 Å². The van der Waals surface area contributed by atoms with Crippen molar-refractivity contribution in [3.63, 3.8) is 0 Å². The molecule has 0 saturated carbocycles. The standard InChI is InChI=1S/C17H19N3O4S/c21-16-8-3-4-10-20(16)11-5-9-18-17(22)14-12-13-6-1-2-7-15(13)25(23,24)19-14/h1-4,6-8,10,14,19H,5,9,11-12H2,(H,18,22)/t14-/m0/s1. The van der Waals surface area contributed by atoms with Gasteiger partial charge in [-0.3, -0.25) is 9.59 Å². The van der Waals surface area contributed by atoms with Crippen LogP contribution in [0.3, 0.4) is 0 Å². The molecule has 2 heterocycles. The van der Waals surface area contributed by atoms with E-state index in [2.05, 4.69) is 10.0 Å². The summed E-state index contributed by atoms with van der Waals surface area (Å²) in [7, 11) is -3.67. The number of nitrogens with zero attached hydrogens (tertiary/aromatic N) is 1. The molecule has 0 radical (unpaired) electrons. The lowest BCUT2D eigenvalue weighted by Crippen LogP contribution is -2.50. The van der Waals surface area contributed by atoms with Crippen molar-refractivity contribution in [2.24, 2.45) is 0 Å². The number of hydrogen-bond acceptors (Lipinski definition) is 4. The highest BCUT2D eigenvalue weighted by molar-refractivity contribution is 7.89. The number of amides is 1. The second-order valence-corrected chi connectivity index (χ2v) is 7.54. The largest absolute Gasteiger partial charge is 0.355 e. The summed E-state index contributed by atoms with van der Waals surface area (Å²) in [6, 6.07) is 10.8. The van der Waals surface area contributed by atoms with Gasteiger partial charge in [-0.25, -0.2) is 8.42 Å². The van der Waals surface area contributed by atoms with Gasteiger partial charge in [0.2, 0.25) is 21.5 Å². The van der Waals surface area contributed by atoms with Crippen molar-refractivity contribution >= 4 is 15.9 Å². The second kappa shape index (κ2) is 7.20. The topological polar surface area (TPSA) is 97.3 Å². The highest BCUT2D eigenvalue weighted by Crippen LogP contribution is 2.22. The number of carbonyl (C=O) groups excluding carboxylic acids is 1. The summed E-state index contributed by atoms with van der Waals surface area (Å²) >= 11 is 0. The quantitative estimate of drug-likeness (QED) is 0.747. The van der Waals surface area contributed by atoms with E-state index in [0.29, 0.717) is 31.5 Å². The number of aromatic nitrogens is 1. The Balaban J connectivity index is 1.56. The van der Waals surface area contributed by atoms with Crippen LogP contribution in [0.25, 0.3) is 0 Å². The number of fused-ring (bicyclic) bond motifs is 1. The van der Waals surface area contributed by atoms with Crippen molar-refractivity contribution < 1.29 is 13.2 Å². The number of aryl methyl sites for hydroxylation is 1. The third kappa shape index (κ3) is 3.97. The molecule has 0 aliphatic carbocycles. The number of carbonyl (C=O) groups is 1. The fourth-order valence-electron chi connectivity index (χ4n) is 2.82. The molecule has 1 aromatic heterocycles. The third-order valence-electron chi connectivity index (χ3n) is 4.07. The zero-order valence-corrected chi connectivity index (χ0v) is 14.3. The minimum absolute atomic E-state index is 0.0922. The maximum atomic E-state index is 12.3. The van der Waals surface area contributed by atoms with Crippen molar-refractivity contribution in [3.8, 4) is 0 Å². The van der Waals surface area contributed by atoms with Gasteiger partial charge < -0.3 is 9.88 Å². The van der Waals surface area contributed by atoms with Gasteiger partial charge in [0.25, 0.3) is 0 Å². The van der Waals surface area contributed by atoms with E-state index < -0.39 is 16.1 Å². The van der Waals surface area contributed by atoms with E-state index in [1.165, 1.54) is 12.1 Å². The van der Waals surface area contributed by atoms with Crippen molar-refractivity contribution in [3.05, 3.63) is 64.6 Å². The number of hydrogen-bond donors (Lipinski definition) is 2. The van der Waals surface area contributed by atoms with Crippen molar-refractivity contribution in [1.29, 1.82) is 0 Å². The molecule has 8 heteroatoms. The molecule has 1 aliphatic heterocycles. The number of pyridine rings is 1. The lowest BCUT2D eigenvalue weighted by Gasteiger charge is -2.25. The van der Waals surface area contributed by atoms with E-state index in [-0.39, 0.29) is 16.4 Å². The normalized spacial score (nSPS) is 18.3. The molecule has 0 fully saturated rings. The molecule has 1 aliphatic rings. The number of nitrogens with one attached hydrogen (secondary N) is 2. The molecule has 0 unspecified atom stereocenters. The van der Waals surface area contributed by atoms with Gasteiger partial charge in [-0.1, -0.05) is 24.3 Å². The summed E-state index contributed by atoms with van der Waals surface area (Å²) in [4.78, 5) is 24.1. The molecule has 1 amide bonds. The van der Waals surface area contributed by atoms with E-state index >= 15 is 0 Å². The number of rotatable bonds is 5. The average molecular weight is 361 g/mol. The molecule has 0 bridgehead atoms. The lowest BCUT2D eigenvalue weighted by molar-refractivity contribution is -0.122. The predicted molar refractivity (Wildman–Crippen MR) is 92.6 cm³/mol. The minimum Gasteiger partial charge on any atom is -0.355 e. The monoisotopic (exact) mass is 361 g/mol. The Morgan fingerprint density at radius 2 is 1.96 bits per heavy atom. The average Bonchev–Trinajstić information content (AvgIpc) is 2.59. The van der Waals surface area contributed by atoms with Crippen LogP contribution in [0.1, 0.15) is 12.0 Å². The van der Waals surface area contributed by atoms with E-state index in [4.69, 9.17) is 0 Å². The maximum absolute atomic E-state index is 12.3. The Morgan fingerprint density at radius 3 is 2.76 bits per heavy atom. The van der Waals surface area contributed by atoms with Gasteiger partial charge in [0, 0.05) is 25.4 Å². The van der Waals surface area contributed by atoms with Crippen LogP contribution in [-0.2, 0) is 27.8 Å². The molecule has 132 valence electrons. The van der Waals surface area contributed by atoms with Crippen LogP contribution in [0.15, 0.2) is 58.4 Å². The van der Waals surface area contributed by atoms with E-state index in [0.717, 1.165) is 0 Å². The zero-order chi connectivity index (χ0) is 17.9. The van der Waals surface area contributed by atoms with Crippen LogP contribution in [0.2, 0.25) is 0 Å². The van der Waals surface area contributed by atoms with Crippen LogP contribution in [0.4, 0.5) is 0 Å². The Morgan fingerprint density at radius 1 is 1.20 bits per heavy atom. The fraction of sp³-hybridized carbons (Fsp3) is 0.294. The second-order valence-electron chi connectivity index (χ2n) is 5.86. The van der Waals surface area contributed by atoms with Crippen LogP contribution in [0.5, 0.6) is 0 Å². The molecule has 1 atom stereocenters. The lowest BCUT2D eigenvalue weighted by atomic mass is 10.1. The number of sulfonamides is 1. The number of benzene rings is 1. The van der Waals surface area contributed by atoms with E-state index in [1.54, 1.807) is 41.1 Å². The molecular formula is C17H19N3O4S. The summed E-state index contributed by atoms with van der Waals surface area (Å²) in [5.41, 5.74) is 0.544. The first kappa shape index (κ1) is 17.4. The molecule has 25 heavy (non-hydrogen) atoms. The summed E-state index contributed by atoms with van der Waals surface area (Å²) in [6.45, 7) is 0.846. The van der Waals surface area contributed by atoms with Crippen molar-refractivity contribution in [1.82, 2.24) is 14.6 Å². The minimum atomic E-state index is -3.67. The summed E-state index contributed by atoms with van der Waals surface area (Å²) in [5, 5.41) is 2.73. The van der Waals surface area contributed by atoms with Crippen LogP contribution in [0, 0.1) is 0 Å². The molecule has 0 spiro atoms. The molecule has 0 saturated heterocycles. The van der Waals surface area contributed by atoms with Gasteiger partial charge in [-0.2, -0.15) is 4.72 Å². The molecule has 2 aromatic rings. The molecule has 3 rings (SSSR count). The molecule has 2 N–H and O–H groups in total. The van der Waals surface area contributed by atoms with Gasteiger partial charge >= 0.3 is 0 Å². The molecule has 7 nitrogen and oxygen atoms in total. The van der Waals surface area contributed by atoms with Crippen LogP contribution < -0.4 is 15.6 Å². The SMILES string of the molecule is O=C(NCCCn1ccccc1=O)[C@@H]1Cc2ccccc2S(=O)(=O)N1. The Bertz CT molecular complexity index is 937. The molecular weight excluding hydrogens is 342 g/mol. The smallest absolute Gasteiger partial charge is 0.250 e. The Hall–Kier alpha value is -2.45. The van der Waals surface area contributed by atoms with Crippen LogP contribution >= 0.6 is 0 Å². The summed E-state index contributed by atoms with van der Waals surface area (Å²) < 4.78 is 28.4. The van der Waals surface area contributed by atoms with Gasteiger partial charge in [0.15, 0.2) is 0 Å². The van der Waals surface area contributed by atoms with E-state index in [1.807, 2.05) is 0 Å². The first-order valence-corrected chi connectivity index (χ1v) is 9.49. The fourth-order valence-corrected chi connectivity index (χ4v) is 4.27. The maximum Gasteiger partial charge on any atom is 0.250 e. The predicted octanol–water partition coefficient (Wildman–Crippen LogP) is 0.258. The van der Waals surface area contributed by atoms with Crippen molar-refractivity contribution in [2.75, 3.05) is 6.54 Å². The highest BCUT2D eigenvalue weighted by atomic mass is 32.2. The zero-order valence-electron chi connectivity index (χ0n) is 13.5. The highest BCUT2D eigenvalue weighted by Gasteiger charge is 2.32. The van der Waals surface area contributed by atoms with Gasteiger partial charge in [0.05, 0.1) is 4.90 Å². The van der Waals surface area contributed by atoms with Gasteiger partial charge in [0.1, 0.15) is 6.04 Å². The van der Waals surface area contributed by atoms with E-state index in [9.17, 15) is 18.0 Å². The third-order valence-corrected chi connectivity index (χ3v) is 5.65. The molecule has 1 aromatic carbocycles. The summed E-state index contributed by atoms with van der Waals surface area (Å²) in [6.07, 6.45) is 2.58. The van der Waals surface area contributed by atoms with Crippen LogP contribution in [-0.4, -0.2) is 31.5 Å². The Kier molecular flexibility index (Phi) is 5.00. The summed E-state index contributed by atoms with van der Waals surface area (Å²) in [5.74, 6) is -0.363. The first-order chi connectivity index (χ1) is 12.0. The van der Waals surface area contributed by atoms with Crippen molar-refractivity contribution in [2.45, 2.75) is 30.3 Å². The van der Waals surface area contributed by atoms with Gasteiger partial charge in [-0.15, -0.1) is 0 Å². The first-order valence-electron chi connectivity index (χ1n) is 8.01.